The molecule has 1 aliphatic rings. The molecular formula is C11H17N5S. The molecule has 1 atom stereocenters. The number of aliphatic imine (C=N–C) groups is 1. The van der Waals surface area contributed by atoms with Crippen molar-refractivity contribution in [1.82, 2.24) is 10.3 Å². The van der Waals surface area contributed by atoms with Crippen LogP contribution in [-0.4, -0.2) is 10.8 Å². The molecule has 0 aromatic carbocycles. The summed E-state index contributed by atoms with van der Waals surface area (Å²) in [7, 11) is 0. The van der Waals surface area contributed by atoms with Gasteiger partial charge in [-0.25, -0.2) is 9.98 Å². The number of amidine groups is 1. The highest BCUT2D eigenvalue weighted by molar-refractivity contribution is 7.11. The van der Waals surface area contributed by atoms with Crippen LogP contribution in [0.3, 0.4) is 0 Å². The Labute approximate surface area is 105 Å². The van der Waals surface area contributed by atoms with Gasteiger partial charge < -0.3 is 11.1 Å². The number of rotatable bonds is 3. The first-order chi connectivity index (χ1) is 8.03. The van der Waals surface area contributed by atoms with Gasteiger partial charge in [0.25, 0.3) is 0 Å². The van der Waals surface area contributed by atoms with Gasteiger partial charge in [-0.1, -0.05) is 13.3 Å². The van der Waals surface area contributed by atoms with Crippen molar-refractivity contribution in [2.24, 2.45) is 16.5 Å². The van der Waals surface area contributed by atoms with Gasteiger partial charge >= 0.3 is 0 Å². The maximum atomic E-state index is 6.23. The molecule has 5 nitrogen and oxygen atoms in total. The van der Waals surface area contributed by atoms with Crippen molar-refractivity contribution in [1.29, 1.82) is 0 Å². The minimum absolute atomic E-state index is 0.447. The van der Waals surface area contributed by atoms with E-state index in [2.05, 4.69) is 22.2 Å². The number of aromatic nitrogens is 1. The Kier molecular flexibility index (Phi) is 3.17. The van der Waals surface area contributed by atoms with E-state index >= 15 is 0 Å². The van der Waals surface area contributed by atoms with E-state index in [0.717, 1.165) is 28.4 Å². The van der Waals surface area contributed by atoms with Crippen LogP contribution in [0.15, 0.2) is 23.0 Å². The lowest BCUT2D eigenvalue weighted by atomic mass is 10.2. The van der Waals surface area contributed by atoms with Gasteiger partial charge in [-0.2, -0.15) is 0 Å². The number of thiazole rings is 1. The monoisotopic (exact) mass is 251 g/mol. The van der Waals surface area contributed by atoms with E-state index in [-0.39, 0.29) is 0 Å². The van der Waals surface area contributed by atoms with Crippen LogP contribution in [0.2, 0.25) is 0 Å². The van der Waals surface area contributed by atoms with Gasteiger partial charge in [0.15, 0.2) is 5.01 Å². The van der Waals surface area contributed by atoms with Gasteiger partial charge in [-0.3, -0.25) is 5.73 Å². The Bertz CT molecular complexity index is 476. The van der Waals surface area contributed by atoms with Crippen LogP contribution >= 0.6 is 11.3 Å². The first-order valence-electron chi connectivity index (χ1n) is 5.59. The standard InChI is InChI=1S/C11H17N5S/c1-3-4-8-5-9(12)16-11(13,15-8)10-14-6-7(2)17-10/h5-6,15H,3-4,13H2,1-2H3,(H2,12,16). The quantitative estimate of drug-likeness (QED) is 0.752. The number of aryl methyl sites for hydroxylation is 1. The molecule has 17 heavy (non-hydrogen) atoms. The molecule has 0 saturated heterocycles. The highest BCUT2D eigenvalue weighted by Crippen LogP contribution is 2.26. The molecule has 0 aliphatic carbocycles. The molecule has 1 aromatic rings. The smallest absolute Gasteiger partial charge is 0.238 e. The van der Waals surface area contributed by atoms with Crippen LogP contribution in [0.1, 0.15) is 29.7 Å². The van der Waals surface area contributed by atoms with Gasteiger partial charge in [0.1, 0.15) is 5.84 Å². The lowest BCUT2D eigenvalue weighted by Gasteiger charge is -2.30. The number of hydrogen-bond donors (Lipinski definition) is 3. The van der Waals surface area contributed by atoms with Crippen LogP contribution in [-0.2, 0) is 5.79 Å². The first-order valence-corrected chi connectivity index (χ1v) is 6.41. The second-order valence-corrected chi connectivity index (χ2v) is 5.36. The van der Waals surface area contributed by atoms with E-state index in [0.29, 0.717) is 5.84 Å². The molecule has 1 aromatic heterocycles. The maximum Gasteiger partial charge on any atom is 0.238 e. The summed E-state index contributed by atoms with van der Waals surface area (Å²) in [6.07, 6.45) is 5.55. The zero-order valence-corrected chi connectivity index (χ0v) is 10.8. The molecule has 5 N–H and O–H groups in total. The highest BCUT2D eigenvalue weighted by Gasteiger charge is 2.33. The molecular weight excluding hydrogens is 234 g/mol. The molecule has 6 heteroatoms. The van der Waals surface area contributed by atoms with Gasteiger partial charge in [-0.15, -0.1) is 11.3 Å². The molecule has 0 amide bonds. The normalized spacial score (nSPS) is 23.9. The molecule has 0 saturated carbocycles. The summed E-state index contributed by atoms with van der Waals surface area (Å²) in [6.45, 7) is 4.10. The SMILES string of the molecule is CCCC1=CC(N)=NC(N)(c2ncc(C)s2)N1. The second-order valence-electron chi connectivity index (χ2n) is 4.12. The summed E-state index contributed by atoms with van der Waals surface area (Å²) in [5, 5.41) is 3.95. The Morgan fingerprint density at radius 3 is 2.88 bits per heavy atom. The topological polar surface area (TPSA) is 89.3 Å². The minimum atomic E-state index is -1.01. The first kappa shape index (κ1) is 12.1. The van der Waals surface area contributed by atoms with Crippen molar-refractivity contribution in [2.45, 2.75) is 32.5 Å². The van der Waals surface area contributed by atoms with E-state index in [9.17, 15) is 0 Å². The Balaban J connectivity index is 2.31. The minimum Gasteiger partial charge on any atom is -0.384 e. The highest BCUT2D eigenvalue weighted by atomic mass is 32.1. The maximum absolute atomic E-state index is 6.23. The number of nitrogens with two attached hydrogens (primary N) is 2. The van der Waals surface area contributed by atoms with Gasteiger partial charge in [0.05, 0.1) is 0 Å². The average molecular weight is 251 g/mol. The van der Waals surface area contributed by atoms with Gasteiger partial charge in [0, 0.05) is 16.8 Å². The Morgan fingerprint density at radius 1 is 1.53 bits per heavy atom. The zero-order valence-electron chi connectivity index (χ0n) is 10.0. The lowest BCUT2D eigenvalue weighted by Crippen LogP contribution is -2.51. The van der Waals surface area contributed by atoms with Crippen molar-refractivity contribution in [2.75, 3.05) is 0 Å². The molecule has 2 rings (SSSR count). The summed E-state index contributed by atoms with van der Waals surface area (Å²) in [6, 6.07) is 0. The second kappa shape index (κ2) is 4.46. The van der Waals surface area contributed by atoms with Crippen molar-refractivity contribution in [3.63, 3.8) is 0 Å². The third-order valence-corrected chi connectivity index (χ3v) is 3.48. The molecule has 2 heterocycles. The zero-order chi connectivity index (χ0) is 12.5. The average Bonchev–Trinajstić information content (AvgIpc) is 2.64. The van der Waals surface area contributed by atoms with Gasteiger partial charge in [0.2, 0.25) is 5.79 Å². The van der Waals surface area contributed by atoms with Crippen LogP contribution in [0, 0.1) is 6.92 Å². The van der Waals surface area contributed by atoms with Crippen molar-refractivity contribution >= 4 is 17.2 Å². The lowest BCUT2D eigenvalue weighted by molar-refractivity contribution is 0.385. The summed E-state index contributed by atoms with van der Waals surface area (Å²) >= 11 is 1.53. The predicted molar refractivity (Wildman–Crippen MR) is 70.5 cm³/mol. The number of allylic oxidation sites excluding steroid dienone is 1. The van der Waals surface area contributed by atoms with Crippen molar-refractivity contribution in [3.05, 3.63) is 27.9 Å². The third-order valence-electron chi connectivity index (χ3n) is 2.45. The fourth-order valence-electron chi connectivity index (χ4n) is 1.76. The van der Waals surface area contributed by atoms with Crippen LogP contribution in [0.25, 0.3) is 0 Å². The summed E-state index contributed by atoms with van der Waals surface area (Å²) in [5.41, 5.74) is 13.0. The number of nitrogens with one attached hydrogen (secondary N) is 1. The Morgan fingerprint density at radius 2 is 2.29 bits per heavy atom. The van der Waals surface area contributed by atoms with E-state index in [4.69, 9.17) is 11.5 Å². The molecule has 0 radical (unpaired) electrons. The van der Waals surface area contributed by atoms with E-state index in [1.54, 1.807) is 6.20 Å². The van der Waals surface area contributed by atoms with Crippen LogP contribution in [0.4, 0.5) is 0 Å². The fourth-order valence-corrected chi connectivity index (χ4v) is 2.53. The summed E-state index contributed by atoms with van der Waals surface area (Å²) in [4.78, 5) is 9.65. The van der Waals surface area contributed by atoms with Gasteiger partial charge in [-0.05, 0) is 19.4 Å². The molecule has 0 spiro atoms. The van der Waals surface area contributed by atoms with Crippen molar-refractivity contribution in [3.8, 4) is 0 Å². The number of nitrogens with zero attached hydrogens (tertiary/aromatic N) is 2. The Hall–Kier alpha value is -1.40. The van der Waals surface area contributed by atoms with Crippen molar-refractivity contribution < 1.29 is 0 Å². The van der Waals surface area contributed by atoms with E-state index < -0.39 is 5.79 Å². The van der Waals surface area contributed by atoms with E-state index in [1.165, 1.54) is 11.3 Å². The molecule has 0 bridgehead atoms. The van der Waals surface area contributed by atoms with Crippen LogP contribution in [0.5, 0.6) is 0 Å². The largest absolute Gasteiger partial charge is 0.384 e. The van der Waals surface area contributed by atoms with Crippen LogP contribution < -0.4 is 16.8 Å². The fraction of sp³-hybridized carbons (Fsp3) is 0.455. The van der Waals surface area contributed by atoms with E-state index in [1.807, 2.05) is 13.0 Å². The number of hydrogen-bond acceptors (Lipinski definition) is 6. The molecule has 1 aliphatic heterocycles. The third kappa shape index (κ3) is 2.48. The predicted octanol–water partition coefficient (Wildman–Crippen LogP) is 1.16. The molecule has 0 fully saturated rings. The molecule has 92 valence electrons. The molecule has 1 unspecified atom stereocenters. The summed E-state index contributed by atoms with van der Waals surface area (Å²) < 4.78 is 0. The summed E-state index contributed by atoms with van der Waals surface area (Å²) in [5.74, 6) is -0.565.